The molecule has 0 aliphatic carbocycles. The van der Waals surface area contributed by atoms with Gasteiger partial charge in [-0.05, 0) is 0 Å². The molecule has 4 fully saturated rings. The molecule has 4 aliphatic rings. The van der Waals surface area contributed by atoms with Crippen LogP contribution in [0.3, 0.4) is 0 Å². The molecule has 156 valence electrons. The maximum atomic E-state index is 9.75. The Morgan fingerprint density at radius 1 is 0.500 bits per heavy atom. The average Bonchev–Trinajstić information content (AvgIpc) is 2.98. The first-order valence-corrected chi connectivity index (χ1v) is 8.76. The first-order valence-electron chi connectivity index (χ1n) is 8.76. The SMILES string of the molecule is C1CN2CC[NH+](C1)C2.C1CN2CC[NH+](C1)C2.F[B-](F)(F)F.F[B-](F)(F)F. The Labute approximate surface area is 148 Å². The van der Waals surface area contributed by atoms with Crippen molar-refractivity contribution in [1.82, 2.24) is 9.80 Å². The number of halogens is 8. The fraction of sp³-hybridized carbons (Fsp3) is 1.00. The molecule has 0 saturated carbocycles. The minimum absolute atomic E-state index is 1.33. The molecule has 0 aromatic rings. The van der Waals surface area contributed by atoms with Crippen LogP contribution >= 0.6 is 0 Å². The van der Waals surface area contributed by atoms with Crippen molar-refractivity contribution in [1.29, 1.82) is 0 Å². The van der Waals surface area contributed by atoms with Crippen LogP contribution in [-0.2, 0) is 0 Å². The average molecular weight is 400 g/mol. The summed E-state index contributed by atoms with van der Waals surface area (Å²) in [5, 5.41) is 0. The first kappa shape index (κ1) is 23.4. The van der Waals surface area contributed by atoms with E-state index in [9.17, 15) is 34.5 Å². The molecule has 4 rings (SSSR count). The molecule has 4 heterocycles. The number of hydrogen-bond donors (Lipinski definition) is 2. The fourth-order valence-electron chi connectivity index (χ4n) is 3.48. The van der Waals surface area contributed by atoms with Crippen LogP contribution in [0.15, 0.2) is 0 Å². The van der Waals surface area contributed by atoms with Crippen molar-refractivity contribution in [2.75, 3.05) is 65.7 Å². The highest BCUT2D eigenvalue weighted by Crippen LogP contribution is 2.07. The molecule has 4 atom stereocenters. The zero-order valence-electron chi connectivity index (χ0n) is 14.6. The van der Waals surface area contributed by atoms with Crippen LogP contribution in [-0.4, -0.2) is 90.0 Å². The second kappa shape index (κ2) is 10.7. The van der Waals surface area contributed by atoms with Crippen LogP contribution in [0.1, 0.15) is 12.8 Å². The van der Waals surface area contributed by atoms with Gasteiger partial charge < -0.3 is 44.3 Å². The van der Waals surface area contributed by atoms with Crippen molar-refractivity contribution in [3.63, 3.8) is 0 Å². The van der Waals surface area contributed by atoms with Crippen molar-refractivity contribution < 1.29 is 44.3 Å². The number of rotatable bonds is 0. The van der Waals surface area contributed by atoms with E-state index in [1.54, 1.807) is 9.80 Å². The predicted molar refractivity (Wildman–Crippen MR) is 83.9 cm³/mol. The van der Waals surface area contributed by atoms with Gasteiger partial charge in [-0.2, -0.15) is 0 Å². The van der Waals surface area contributed by atoms with Crippen molar-refractivity contribution in [3.05, 3.63) is 0 Å². The quantitative estimate of drug-likeness (QED) is 0.429. The molecule has 2 N–H and O–H groups in total. The monoisotopic (exact) mass is 400 g/mol. The molecule has 26 heavy (non-hydrogen) atoms. The van der Waals surface area contributed by atoms with Crippen molar-refractivity contribution in [2.45, 2.75) is 12.8 Å². The highest BCUT2D eigenvalue weighted by molar-refractivity contribution is 6.50. The van der Waals surface area contributed by atoms with Crippen LogP contribution in [0, 0.1) is 0 Å². The summed E-state index contributed by atoms with van der Waals surface area (Å²) in [7, 11) is -12.0. The van der Waals surface area contributed by atoms with Gasteiger partial charge in [0.1, 0.15) is 13.3 Å². The van der Waals surface area contributed by atoms with E-state index < -0.39 is 14.5 Å². The third-order valence-electron chi connectivity index (χ3n) is 4.47. The van der Waals surface area contributed by atoms with Crippen LogP contribution in [0.4, 0.5) is 34.5 Å². The zero-order valence-corrected chi connectivity index (χ0v) is 14.6. The van der Waals surface area contributed by atoms with E-state index in [1.807, 2.05) is 0 Å². The Hall–Kier alpha value is -0.590. The number of quaternary nitrogens is 2. The van der Waals surface area contributed by atoms with E-state index in [1.165, 1.54) is 78.5 Å². The number of hydrogen-bond acceptors (Lipinski definition) is 2. The molecule has 0 radical (unpaired) electrons. The summed E-state index contributed by atoms with van der Waals surface area (Å²) in [6.45, 7) is 13.8. The van der Waals surface area contributed by atoms with Gasteiger partial charge in [0, 0.05) is 25.9 Å². The van der Waals surface area contributed by atoms with Crippen molar-refractivity contribution in [3.8, 4) is 0 Å². The van der Waals surface area contributed by atoms with Crippen LogP contribution in [0.2, 0.25) is 0 Å². The van der Waals surface area contributed by atoms with Gasteiger partial charge in [-0.1, -0.05) is 0 Å². The smallest absolute Gasteiger partial charge is 0.418 e. The topological polar surface area (TPSA) is 15.4 Å². The summed E-state index contributed by atoms with van der Waals surface area (Å²) in [5.74, 6) is 0. The first-order chi connectivity index (χ1) is 11.9. The summed E-state index contributed by atoms with van der Waals surface area (Å²) in [5.41, 5.74) is 0. The normalized spacial score (nSPS) is 32.3. The Kier molecular flexibility index (Phi) is 9.62. The molecule has 0 aromatic carbocycles. The highest BCUT2D eigenvalue weighted by Gasteiger charge is 2.27. The maximum absolute atomic E-state index is 9.75. The van der Waals surface area contributed by atoms with Crippen molar-refractivity contribution in [2.24, 2.45) is 0 Å². The molecular formula is C12H26B2F8N4. The van der Waals surface area contributed by atoms with Gasteiger partial charge in [0.25, 0.3) is 0 Å². The lowest BCUT2D eigenvalue weighted by Crippen LogP contribution is -3.11. The van der Waals surface area contributed by atoms with Crippen molar-refractivity contribution >= 4 is 14.5 Å². The van der Waals surface area contributed by atoms with E-state index in [2.05, 4.69) is 9.80 Å². The summed E-state index contributed by atoms with van der Waals surface area (Å²) >= 11 is 0. The molecule has 0 spiro atoms. The lowest BCUT2D eigenvalue weighted by molar-refractivity contribution is -0.896. The molecule has 4 nitrogen and oxygen atoms in total. The summed E-state index contributed by atoms with van der Waals surface area (Å²) in [4.78, 5) is 8.71. The van der Waals surface area contributed by atoms with Gasteiger partial charge in [-0.15, -0.1) is 0 Å². The zero-order chi connectivity index (χ0) is 19.8. The largest absolute Gasteiger partial charge is 0.673 e. The number of nitrogens with zero attached hydrogens (tertiary/aromatic N) is 2. The van der Waals surface area contributed by atoms with Crippen LogP contribution in [0.5, 0.6) is 0 Å². The minimum atomic E-state index is -6.00. The number of fused-ring (bicyclic) bond motifs is 4. The van der Waals surface area contributed by atoms with Gasteiger partial charge in [0.2, 0.25) is 0 Å². The summed E-state index contributed by atoms with van der Waals surface area (Å²) < 4.78 is 78.0. The van der Waals surface area contributed by atoms with Gasteiger partial charge >= 0.3 is 14.5 Å². The van der Waals surface area contributed by atoms with Gasteiger partial charge in [-0.25, -0.2) is 0 Å². The van der Waals surface area contributed by atoms with E-state index in [4.69, 9.17) is 0 Å². The Balaban J connectivity index is 0.000000180. The second-order valence-electron chi connectivity index (χ2n) is 6.75. The molecular weight excluding hydrogens is 374 g/mol. The third-order valence-corrected chi connectivity index (χ3v) is 4.47. The van der Waals surface area contributed by atoms with Crippen LogP contribution < -0.4 is 9.80 Å². The van der Waals surface area contributed by atoms with E-state index in [0.717, 1.165) is 0 Å². The van der Waals surface area contributed by atoms with Crippen LogP contribution in [0.25, 0.3) is 0 Å². The summed E-state index contributed by atoms with van der Waals surface area (Å²) in [6.07, 6.45) is 2.85. The lowest BCUT2D eigenvalue weighted by atomic mass is 10.3. The van der Waals surface area contributed by atoms with E-state index in [0.29, 0.717) is 0 Å². The molecule has 4 aliphatic heterocycles. The second-order valence-corrected chi connectivity index (χ2v) is 6.75. The Bertz CT molecular complexity index is 322. The standard InChI is InChI=1S/2C6H12N2.2BF4/c2*1-2-7-4-5-8(3-1)6-7;2*2-1(3,4)5/h2*1-6H2;;/q;;2*-1/p+2. The molecule has 4 unspecified atom stereocenters. The van der Waals surface area contributed by atoms with Gasteiger partial charge in [0.15, 0.2) is 0 Å². The highest BCUT2D eigenvalue weighted by atomic mass is 19.5. The van der Waals surface area contributed by atoms with E-state index >= 15 is 0 Å². The Morgan fingerprint density at radius 3 is 1.04 bits per heavy atom. The molecule has 4 bridgehead atoms. The number of nitrogens with one attached hydrogen (secondary N) is 2. The third kappa shape index (κ3) is 13.6. The minimum Gasteiger partial charge on any atom is -0.418 e. The van der Waals surface area contributed by atoms with Gasteiger partial charge in [-0.3, -0.25) is 9.80 Å². The molecule has 14 heteroatoms. The fourth-order valence-corrected chi connectivity index (χ4v) is 3.48. The Morgan fingerprint density at radius 2 is 0.808 bits per heavy atom. The van der Waals surface area contributed by atoms with Gasteiger partial charge in [0.05, 0.1) is 39.3 Å². The summed E-state index contributed by atoms with van der Waals surface area (Å²) in [6, 6.07) is 0. The molecule has 0 aromatic heterocycles. The molecule has 0 amide bonds. The molecule has 4 saturated heterocycles. The predicted octanol–water partition coefficient (Wildman–Crippen LogP) is -0.304. The lowest BCUT2D eigenvalue weighted by Gasteiger charge is -2.20. The van der Waals surface area contributed by atoms with E-state index in [-0.39, 0.29) is 0 Å². The maximum Gasteiger partial charge on any atom is 0.673 e.